The summed E-state index contributed by atoms with van der Waals surface area (Å²) >= 11 is 0. The van der Waals surface area contributed by atoms with Gasteiger partial charge in [0.05, 0.1) is 0 Å². The second-order valence-corrected chi connectivity index (χ2v) is 8.54. The van der Waals surface area contributed by atoms with E-state index in [0.29, 0.717) is 11.3 Å². The fourth-order valence-corrected chi connectivity index (χ4v) is 4.28. The average Bonchev–Trinajstić information content (AvgIpc) is 2.65. The molecule has 0 heterocycles. The Morgan fingerprint density at radius 3 is 2.33 bits per heavy atom. The van der Waals surface area contributed by atoms with E-state index in [1.807, 2.05) is 0 Å². The molecular formula is C18H34. The summed E-state index contributed by atoms with van der Waals surface area (Å²) in [6.45, 7) is 11.3. The summed E-state index contributed by atoms with van der Waals surface area (Å²) in [6.07, 6.45) is 9.83. The van der Waals surface area contributed by atoms with Gasteiger partial charge < -0.3 is 0 Å². The van der Waals surface area contributed by atoms with Crippen LogP contribution in [-0.4, -0.2) is 0 Å². The summed E-state index contributed by atoms with van der Waals surface area (Å²) in [4.78, 5) is 0. The predicted molar refractivity (Wildman–Crippen MR) is 80.6 cm³/mol. The summed E-state index contributed by atoms with van der Waals surface area (Å²) in [6, 6.07) is 0. The normalized spacial score (nSPS) is 38.4. The monoisotopic (exact) mass is 252 g/mol. The zero-order valence-corrected chi connectivity index (χ0v) is 13.3. The minimum Gasteiger partial charge on any atom is -0.0625 e. The van der Waals surface area contributed by atoms with Crippen molar-refractivity contribution >= 4 is 0 Å². The van der Waals surface area contributed by atoms with Gasteiger partial charge >= 0.3 is 0 Å². The molecule has 0 aromatic carbocycles. The van der Waals surface area contributed by atoms with E-state index in [-0.39, 0.29) is 5.89 Å². The molecule has 2 fully saturated rings. The number of rotatable bonds is 3. The molecule has 4 atom stereocenters. The maximum Gasteiger partial charge on any atom is 0.0300 e. The van der Waals surface area contributed by atoms with Crippen LogP contribution in [0.1, 0.15) is 80.9 Å². The molecule has 0 spiro atoms. The van der Waals surface area contributed by atoms with Crippen molar-refractivity contribution in [1.29, 1.82) is 0 Å². The van der Waals surface area contributed by atoms with Crippen molar-refractivity contribution in [3.63, 3.8) is 0 Å². The van der Waals surface area contributed by atoms with Crippen molar-refractivity contribution in [3.05, 3.63) is 0 Å². The van der Waals surface area contributed by atoms with Gasteiger partial charge in [-0.15, -0.1) is 0 Å². The highest BCUT2D eigenvalue weighted by Gasteiger charge is 2.39. The molecule has 0 N–H and O–H groups in total. The molecule has 2 aliphatic rings. The Morgan fingerprint density at radius 1 is 1.06 bits per heavy atom. The van der Waals surface area contributed by atoms with Crippen LogP contribution < -0.4 is 0 Å². The van der Waals surface area contributed by atoms with Crippen LogP contribution >= 0.6 is 0 Å². The molecule has 18 heavy (non-hydrogen) atoms. The van der Waals surface area contributed by atoms with Crippen molar-refractivity contribution in [2.75, 3.05) is 0 Å². The third-order valence-electron chi connectivity index (χ3n) is 5.53. The first-order valence-electron chi connectivity index (χ1n) is 8.65. The van der Waals surface area contributed by atoms with E-state index in [1.54, 1.807) is 0 Å². The van der Waals surface area contributed by atoms with Crippen molar-refractivity contribution in [2.45, 2.75) is 79.6 Å². The molecule has 0 aromatic rings. The van der Waals surface area contributed by atoms with Gasteiger partial charge in [0.15, 0.2) is 0 Å². The summed E-state index contributed by atoms with van der Waals surface area (Å²) in [5, 5.41) is 0. The zero-order chi connectivity index (χ0) is 14.3. The topological polar surface area (TPSA) is 0 Å². The molecule has 4 unspecified atom stereocenters. The third kappa shape index (κ3) is 3.75. The minimum atomic E-state index is -0.214. The molecule has 0 heteroatoms. The van der Waals surface area contributed by atoms with Crippen LogP contribution in [-0.2, 0) is 0 Å². The van der Waals surface area contributed by atoms with Crippen LogP contribution in [0.5, 0.6) is 0 Å². The molecule has 0 aliphatic heterocycles. The summed E-state index contributed by atoms with van der Waals surface area (Å²) in [7, 11) is 0. The fraction of sp³-hybridized carbons (Fsp3) is 1.00. The van der Waals surface area contributed by atoms with E-state index in [9.17, 15) is 0 Å². The fourth-order valence-electron chi connectivity index (χ4n) is 4.28. The highest BCUT2D eigenvalue weighted by atomic mass is 14.4. The quantitative estimate of drug-likeness (QED) is 0.585. The number of fused-ring (bicyclic) bond motifs is 1. The zero-order valence-electron chi connectivity index (χ0n) is 14.3. The third-order valence-corrected chi connectivity index (χ3v) is 5.53. The molecule has 0 nitrogen and oxygen atoms in total. The Bertz CT molecular complexity index is 294. The first-order chi connectivity index (χ1) is 8.65. The van der Waals surface area contributed by atoms with Crippen LogP contribution in [0.25, 0.3) is 0 Å². The lowest BCUT2D eigenvalue weighted by atomic mass is 9.72. The van der Waals surface area contributed by atoms with Gasteiger partial charge in [0.2, 0.25) is 0 Å². The highest BCUT2D eigenvalue weighted by Crippen LogP contribution is 2.49. The Balaban J connectivity index is 1.84. The molecule has 2 rings (SSSR count). The lowest BCUT2D eigenvalue weighted by Crippen LogP contribution is -2.23. The predicted octanol–water partition coefficient (Wildman–Crippen LogP) is 5.91. The van der Waals surface area contributed by atoms with Gasteiger partial charge in [-0.1, -0.05) is 34.6 Å². The molecule has 106 valence electrons. The minimum absolute atomic E-state index is 0.214. The Labute approximate surface area is 116 Å². The average molecular weight is 252 g/mol. The SMILES string of the molecule is [3H]C(C)(C)C1CCC2CC(CCC(C)(C)C)CC2C1. The summed E-state index contributed by atoms with van der Waals surface area (Å²) in [5.41, 5.74) is 0.499. The largest absolute Gasteiger partial charge is 0.0625 e. The molecule has 0 radical (unpaired) electrons. The van der Waals surface area contributed by atoms with Crippen LogP contribution in [0.15, 0.2) is 0 Å². The van der Waals surface area contributed by atoms with E-state index < -0.39 is 0 Å². The second kappa shape index (κ2) is 5.55. The molecule has 2 aliphatic carbocycles. The lowest BCUT2D eigenvalue weighted by Gasteiger charge is -2.33. The Kier molecular flexibility index (Phi) is 4.01. The van der Waals surface area contributed by atoms with Gasteiger partial charge in [0, 0.05) is 1.37 Å². The smallest absolute Gasteiger partial charge is 0.0300 e. The van der Waals surface area contributed by atoms with Crippen LogP contribution in [0.2, 0.25) is 0 Å². The van der Waals surface area contributed by atoms with Gasteiger partial charge in [-0.25, -0.2) is 0 Å². The standard InChI is InChI=1S/C18H34/c1-13(2)15-6-7-16-10-14(11-17(16)12-15)8-9-18(3,4)5/h13-17H,6-12H2,1-5H3/i13T. The molecule has 0 bridgehead atoms. The van der Waals surface area contributed by atoms with Gasteiger partial charge in [0.1, 0.15) is 0 Å². The van der Waals surface area contributed by atoms with Crippen molar-refractivity contribution in [2.24, 2.45) is 35.0 Å². The van der Waals surface area contributed by atoms with Gasteiger partial charge in [-0.3, -0.25) is 0 Å². The molecule has 0 aromatic heterocycles. The lowest BCUT2D eigenvalue weighted by molar-refractivity contribution is 0.171. The number of hydrogen-bond donors (Lipinski definition) is 0. The molecule has 0 saturated heterocycles. The van der Waals surface area contributed by atoms with Crippen LogP contribution in [0, 0.1) is 35.0 Å². The number of hydrogen-bond acceptors (Lipinski definition) is 0. The van der Waals surface area contributed by atoms with Crippen molar-refractivity contribution in [3.8, 4) is 0 Å². The highest BCUT2D eigenvalue weighted by molar-refractivity contribution is 4.89. The summed E-state index contributed by atoms with van der Waals surface area (Å²) in [5.74, 6) is 3.38. The Morgan fingerprint density at radius 2 is 1.72 bits per heavy atom. The van der Waals surface area contributed by atoms with E-state index in [1.165, 1.54) is 44.9 Å². The van der Waals surface area contributed by atoms with E-state index >= 15 is 0 Å². The van der Waals surface area contributed by atoms with E-state index in [2.05, 4.69) is 34.6 Å². The van der Waals surface area contributed by atoms with Crippen molar-refractivity contribution < 1.29 is 1.37 Å². The van der Waals surface area contributed by atoms with E-state index in [0.717, 1.165) is 17.8 Å². The first-order valence-corrected chi connectivity index (χ1v) is 8.15. The maximum absolute atomic E-state index is 8.29. The van der Waals surface area contributed by atoms with Crippen LogP contribution in [0.4, 0.5) is 0 Å². The second-order valence-electron chi connectivity index (χ2n) is 8.54. The first kappa shape index (κ1) is 13.0. The molecular weight excluding hydrogens is 216 g/mol. The maximum atomic E-state index is 8.29. The van der Waals surface area contributed by atoms with Crippen LogP contribution in [0.3, 0.4) is 0 Å². The summed E-state index contributed by atoms with van der Waals surface area (Å²) < 4.78 is 8.29. The Hall–Kier alpha value is 0. The molecule has 0 amide bonds. The molecule has 2 saturated carbocycles. The van der Waals surface area contributed by atoms with Gasteiger partial charge in [-0.05, 0) is 79.9 Å². The van der Waals surface area contributed by atoms with E-state index in [4.69, 9.17) is 1.37 Å². The van der Waals surface area contributed by atoms with Gasteiger partial charge in [-0.2, -0.15) is 0 Å². The van der Waals surface area contributed by atoms with Crippen molar-refractivity contribution in [1.82, 2.24) is 0 Å². The van der Waals surface area contributed by atoms with Gasteiger partial charge in [0.25, 0.3) is 0 Å².